The number of aromatic nitrogens is 2. The van der Waals surface area contributed by atoms with Crippen LogP contribution in [0, 0.1) is 0 Å². The average Bonchev–Trinajstić information content (AvgIpc) is 2.81. The molecule has 30 heavy (non-hydrogen) atoms. The van der Waals surface area contributed by atoms with Crippen LogP contribution < -0.4 is 10.6 Å². The third-order valence-electron chi connectivity index (χ3n) is 4.42. The third-order valence-corrected chi connectivity index (χ3v) is 4.42. The van der Waals surface area contributed by atoms with Crippen molar-refractivity contribution < 1.29 is 9.59 Å². The van der Waals surface area contributed by atoms with Gasteiger partial charge in [-0.3, -0.25) is 14.6 Å². The van der Waals surface area contributed by atoms with Gasteiger partial charge < -0.3 is 10.6 Å². The maximum Gasteiger partial charge on any atom is 0.257 e. The van der Waals surface area contributed by atoms with Crippen molar-refractivity contribution in [3.8, 4) is 11.1 Å². The molecule has 0 atom stereocenters. The molecule has 6 nitrogen and oxygen atoms in total. The van der Waals surface area contributed by atoms with Gasteiger partial charge in [-0.2, -0.15) is 0 Å². The van der Waals surface area contributed by atoms with Crippen LogP contribution in [0.5, 0.6) is 0 Å². The molecular formula is C24H18N4O2. The summed E-state index contributed by atoms with van der Waals surface area (Å²) < 4.78 is 0. The number of rotatable bonds is 5. The Morgan fingerprint density at radius 3 is 2.20 bits per heavy atom. The van der Waals surface area contributed by atoms with Gasteiger partial charge in [0.05, 0.1) is 5.56 Å². The Hall–Kier alpha value is -4.32. The van der Waals surface area contributed by atoms with Crippen LogP contribution in [-0.4, -0.2) is 21.8 Å². The van der Waals surface area contributed by atoms with E-state index in [0.29, 0.717) is 22.6 Å². The lowest BCUT2D eigenvalue weighted by Gasteiger charge is -2.09. The summed E-state index contributed by atoms with van der Waals surface area (Å²) in [4.78, 5) is 33.1. The third kappa shape index (κ3) is 4.56. The molecule has 2 aromatic heterocycles. The Kier molecular flexibility index (Phi) is 5.57. The summed E-state index contributed by atoms with van der Waals surface area (Å²) in [6.07, 6.45) is 4.80. The smallest absolute Gasteiger partial charge is 0.257 e. The first-order chi connectivity index (χ1) is 14.7. The molecule has 2 amide bonds. The van der Waals surface area contributed by atoms with Gasteiger partial charge in [-0.15, -0.1) is 0 Å². The van der Waals surface area contributed by atoms with E-state index in [1.165, 1.54) is 6.20 Å². The minimum absolute atomic E-state index is 0.293. The van der Waals surface area contributed by atoms with E-state index in [1.54, 1.807) is 54.9 Å². The Morgan fingerprint density at radius 1 is 0.667 bits per heavy atom. The van der Waals surface area contributed by atoms with Crippen molar-refractivity contribution in [2.24, 2.45) is 0 Å². The number of carbonyl (C=O) groups is 2. The highest BCUT2D eigenvalue weighted by Crippen LogP contribution is 2.19. The second-order valence-electron chi connectivity index (χ2n) is 6.53. The summed E-state index contributed by atoms with van der Waals surface area (Å²) in [6, 6.07) is 23.6. The number of nitrogens with zero attached hydrogens (tertiary/aromatic N) is 2. The van der Waals surface area contributed by atoms with Crippen molar-refractivity contribution in [2.45, 2.75) is 0 Å². The molecule has 2 N–H and O–H groups in total. The fourth-order valence-corrected chi connectivity index (χ4v) is 2.90. The number of amides is 2. The van der Waals surface area contributed by atoms with Gasteiger partial charge in [-0.25, -0.2) is 4.98 Å². The minimum atomic E-state index is -0.313. The molecule has 0 aliphatic rings. The second-order valence-corrected chi connectivity index (χ2v) is 6.53. The number of carbonyl (C=O) groups excluding carboxylic acids is 2. The number of anilines is 2. The Labute approximate surface area is 173 Å². The molecule has 0 fully saturated rings. The van der Waals surface area contributed by atoms with E-state index in [9.17, 15) is 9.59 Å². The predicted molar refractivity (Wildman–Crippen MR) is 116 cm³/mol. The van der Waals surface area contributed by atoms with Crippen molar-refractivity contribution >= 4 is 23.3 Å². The van der Waals surface area contributed by atoms with Crippen molar-refractivity contribution in [1.82, 2.24) is 9.97 Å². The summed E-state index contributed by atoms with van der Waals surface area (Å²) in [6.45, 7) is 0. The van der Waals surface area contributed by atoms with Crippen LogP contribution in [0.2, 0.25) is 0 Å². The van der Waals surface area contributed by atoms with Crippen LogP contribution >= 0.6 is 0 Å². The molecule has 0 radical (unpaired) electrons. The summed E-state index contributed by atoms with van der Waals surface area (Å²) in [5, 5.41) is 5.54. The Morgan fingerprint density at radius 2 is 1.47 bits per heavy atom. The quantitative estimate of drug-likeness (QED) is 0.516. The van der Waals surface area contributed by atoms with E-state index in [0.717, 1.165) is 11.1 Å². The number of nitrogens with one attached hydrogen (secondary N) is 2. The van der Waals surface area contributed by atoms with Crippen LogP contribution in [0.25, 0.3) is 11.1 Å². The van der Waals surface area contributed by atoms with Gasteiger partial charge >= 0.3 is 0 Å². The molecule has 6 heteroatoms. The van der Waals surface area contributed by atoms with Gasteiger partial charge in [0.1, 0.15) is 5.82 Å². The maximum absolute atomic E-state index is 12.6. The molecular weight excluding hydrogens is 376 g/mol. The molecule has 4 aromatic rings. The van der Waals surface area contributed by atoms with Gasteiger partial charge in [0, 0.05) is 35.4 Å². The molecule has 2 aromatic carbocycles. The van der Waals surface area contributed by atoms with Gasteiger partial charge in [0.25, 0.3) is 11.8 Å². The van der Waals surface area contributed by atoms with E-state index in [4.69, 9.17) is 0 Å². The van der Waals surface area contributed by atoms with Crippen LogP contribution in [-0.2, 0) is 0 Å². The number of hydrogen-bond acceptors (Lipinski definition) is 4. The SMILES string of the molecule is O=C(Nc1cccc(C(=O)Nc2ccc(-c3ccccc3)cn2)c1)c1cccnc1. The van der Waals surface area contributed by atoms with E-state index < -0.39 is 0 Å². The summed E-state index contributed by atoms with van der Waals surface area (Å²) in [7, 11) is 0. The van der Waals surface area contributed by atoms with Gasteiger partial charge in [-0.05, 0) is 48.0 Å². The molecule has 0 unspecified atom stereocenters. The van der Waals surface area contributed by atoms with Gasteiger partial charge in [-0.1, -0.05) is 36.4 Å². The summed E-state index contributed by atoms with van der Waals surface area (Å²) >= 11 is 0. The number of benzene rings is 2. The van der Waals surface area contributed by atoms with E-state index >= 15 is 0 Å². The van der Waals surface area contributed by atoms with Crippen molar-refractivity contribution in [3.05, 3.63) is 109 Å². The maximum atomic E-state index is 12.6. The lowest BCUT2D eigenvalue weighted by molar-refractivity contribution is 0.101. The molecule has 0 spiro atoms. The summed E-state index contributed by atoms with van der Waals surface area (Å²) in [5.74, 6) is -0.157. The van der Waals surface area contributed by atoms with Gasteiger partial charge in [0.15, 0.2) is 0 Å². The van der Waals surface area contributed by atoms with E-state index in [1.807, 2.05) is 36.4 Å². The highest BCUT2D eigenvalue weighted by Gasteiger charge is 2.10. The topological polar surface area (TPSA) is 84.0 Å². The average molecular weight is 394 g/mol. The first-order valence-electron chi connectivity index (χ1n) is 9.33. The Bertz CT molecular complexity index is 1160. The molecule has 0 aliphatic carbocycles. The largest absolute Gasteiger partial charge is 0.322 e. The fourth-order valence-electron chi connectivity index (χ4n) is 2.90. The fraction of sp³-hybridized carbons (Fsp3) is 0. The molecule has 4 rings (SSSR count). The van der Waals surface area contributed by atoms with Crippen LogP contribution in [0.4, 0.5) is 11.5 Å². The molecule has 0 saturated heterocycles. The first-order valence-corrected chi connectivity index (χ1v) is 9.33. The first kappa shape index (κ1) is 19.0. The molecule has 0 aliphatic heterocycles. The Balaban J connectivity index is 1.44. The van der Waals surface area contributed by atoms with E-state index in [2.05, 4.69) is 20.6 Å². The second kappa shape index (κ2) is 8.79. The zero-order valence-electron chi connectivity index (χ0n) is 15.9. The van der Waals surface area contributed by atoms with Crippen LogP contribution in [0.3, 0.4) is 0 Å². The molecule has 0 saturated carbocycles. The molecule has 146 valence electrons. The highest BCUT2D eigenvalue weighted by molar-refractivity contribution is 6.07. The lowest BCUT2D eigenvalue weighted by atomic mass is 10.1. The number of pyridine rings is 2. The molecule has 2 heterocycles. The monoisotopic (exact) mass is 394 g/mol. The van der Waals surface area contributed by atoms with Crippen LogP contribution in [0.15, 0.2) is 97.5 Å². The lowest BCUT2D eigenvalue weighted by Crippen LogP contribution is -2.15. The number of hydrogen-bond donors (Lipinski definition) is 2. The zero-order valence-corrected chi connectivity index (χ0v) is 15.9. The van der Waals surface area contributed by atoms with Crippen LogP contribution in [0.1, 0.15) is 20.7 Å². The van der Waals surface area contributed by atoms with Crippen molar-refractivity contribution in [2.75, 3.05) is 10.6 Å². The highest BCUT2D eigenvalue weighted by atomic mass is 16.2. The van der Waals surface area contributed by atoms with Crippen molar-refractivity contribution in [1.29, 1.82) is 0 Å². The van der Waals surface area contributed by atoms with Gasteiger partial charge in [0.2, 0.25) is 0 Å². The van der Waals surface area contributed by atoms with E-state index in [-0.39, 0.29) is 11.8 Å². The molecule has 0 bridgehead atoms. The minimum Gasteiger partial charge on any atom is -0.322 e. The summed E-state index contributed by atoms with van der Waals surface area (Å²) in [5.41, 5.74) is 3.39. The van der Waals surface area contributed by atoms with Crippen molar-refractivity contribution in [3.63, 3.8) is 0 Å². The normalized spacial score (nSPS) is 10.3. The standard InChI is InChI=1S/C24H18N4O2/c29-23(28-22-12-11-19(16-26-22)17-6-2-1-3-7-17)18-8-4-10-21(14-18)27-24(30)20-9-5-13-25-15-20/h1-16H,(H,27,30)(H,26,28,29). The zero-order chi connectivity index (χ0) is 20.8. The predicted octanol–water partition coefficient (Wildman–Crippen LogP) is 4.65.